The molecule has 0 bridgehead atoms. The average Bonchev–Trinajstić information content (AvgIpc) is 3.23. The van der Waals surface area contributed by atoms with Crippen LogP contribution in [0.5, 0.6) is 0 Å². The highest BCUT2D eigenvalue weighted by Gasteiger charge is 2.17. The zero-order valence-electron chi connectivity index (χ0n) is 16.7. The van der Waals surface area contributed by atoms with E-state index in [9.17, 15) is 4.79 Å². The number of unbranched alkanes of at least 4 members (excludes halogenated alkanes) is 1. The lowest BCUT2D eigenvalue weighted by molar-refractivity contribution is -0.115. The normalized spacial score (nSPS) is 10.8. The predicted octanol–water partition coefficient (Wildman–Crippen LogP) is 5.08. The molecular weight excluding hydrogens is 402 g/mol. The van der Waals surface area contributed by atoms with Crippen LogP contribution in [-0.2, 0) is 24.2 Å². The lowest BCUT2D eigenvalue weighted by Crippen LogP contribution is -2.14. The van der Waals surface area contributed by atoms with Crippen molar-refractivity contribution < 1.29 is 4.79 Å². The quantitative estimate of drug-likeness (QED) is 0.369. The number of hydrogen-bond donors (Lipinski definition) is 2. The fraction of sp³-hybridized carbons (Fsp3) is 0.333. The minimum atomic E-state index is -0.0865. The molecule has 29 heavy (non-hydrogen) atoms. The Morgan fingerprint density at radius 3 is 2.76 bits per heavy atom. The number of allylic oxidation sites excluding steroid dienone is 1. The number of nitrogens with one attached hydrogen (secondary N) is 2. The highest BCUT2D eigenvalue weighted by molar-refractivity contribution is 7.71. The predicted molar refractivity (Wildman–Crippen MR) is 121 cm³/mol. The molecule has 0 atom stereocenters. The molecule has 0 radical (unpaired) electrons. The number of benzene rings is 1. The third-order valence-corrected chi connectivity index (χ3v) is 5.90. The standard InChI is InChI=1S/C21H25N5OS2/c1-4-6-7-15-8-10-16(11-9-15)13-17(27)23-20-22-14(3)18(29-20)19-24-25-21(28)26(19)12-5-2/h5,8-11H,2,4,6-7,12-13H2,1,3H3,(H,25,28)(H,22,23,27). The van der Waals surface area contributed by atoms with Crippen LogP contribution in [0, 0.1) is 11.7 Å². The van der Waals surface area contributed by atoms with Gasteiger partial charge in [0.2, 0.25) is 5.91 Å². The van der Waals surface area contributed by atoms with Gasteiger partial charge in [0.1, 0.15) is 0 Å². The summed E-state index contributed by atoms with van der Waals surface area (Å²) in [6.07, 6.45) is 5.52. The third-order valence-electron chi connectivity index (χ3n) is 4.52. The Morgan fingerprint density at radius 2 is 2.07 bits per heavy atom. The fourth-order valence-corrected chi connectivity index (χ4v) is 4.19. The van der Waals surface area contributed by atoms with Crippen LogP contribution >= 0.6 is 23.6 Å². The summed E-state index contributed by atoms with van der Waals surface area (Å²) < 4.78 is 2.38. The van der Waals surface area contributed by atoms with Crippen molar-refractivity contribution >= 4 is 34.6 Å². The second-order valence-electron chi connectivity index (χ2n) is 6.83. The molecule has 0 spiro atoms. The Labute approximate surface area is 179 Å². The van der Waals surface area contributed by atoms with E-state index in [-0.39, 0.29) is 5.91 Å². The van der Waals surface area contributed by atoms with E-state index in [0.29, 0.717) is 28.7 Å². The number of H-pyrrole nitrogens is 1. The molecule has 0 saturated heterocycles. The van der Waals surface area contributed by atoms with Gasteiger partial charge in [0.25, 0.3) is 0 Å². The smallest absolute Gasteiger partial charge is 0.230 e. The van der Waals surface area contributed by atoms with Gasteiger partial charge >= 0.3 is 0 Å². The number of anilines is 1. The zero-order valence-corrected chi connectivity index (χ0v) is 18.3. The van der Waals surface area contributed by atoms with Crippen LogP contribution in [0.2, 0.25) is 0 Å². The number of thiazole rings is 1. The maximum Gasteiger partial charge on any atom is 0.230 e. The maximum absolute atomic E-state index is 12.5. The summed E-state index contributed by atoms with van der Waals surface area (Å²) in [5, 5.41) is 10.6. The fourth-order valence-electron chi connectivity index (χ4n) is 3.00. The minimum Gasteiger partial charge on any atom is -0.302 e. The lowest BCUT2D eigenvalue weighted by Gasteiger charge is -2.04. The van der Waals surface area contributed by atoms with E-state index in [1.54, 1.807) is 6.08 Å². The van der Waals surface area contributed by atoms with Gasteiger partial charge < -0.3 is 5.32 Å². The molecule has 2 heterocycles. The number of amides is 1. The number of aromatic amines is 1. The molecule has 152 valence electrons. The Balaban J connectivity index is 1.68. The van der Waals surface area contributed by atoms with Crippen molar-refractivity contribution in [2.24, 2.45) is 0 Å². The third kappa shape index (κ3) is 5.27. The second kappa shape index (κ2) is 9.76. The SMILES string of the molecule is C=CCn1c(-c2sc(NC(=O)Cc3ccc(CCCC)cc3)nc2C)n[nH]c1=S. The van der Waals surface area contributed by atoms with Crippen molar-refractivity contribution in [3.63, 3.8) is 0 Å². The van der Waals surface area contributed by atoms with E-state index in [0.717, 1.165) is 22.6 Å². The van der Waals surface area contributed by atoms with E-state index >= 15 is 0 Å². The molecule has 3 aromatic rings. The molecule has 8 heteroatoms. The van der Waals surface area contributed by atoms with E-state index in [1.807, 2.05) is 23.6 Å². The summed E-state index contributed by atoms with van der Waals surface area (Å²) in [4.78, 5) is 17.8. The van der Waals surface area contributed by atoms with Gasteiger partial charge in [0.05, 0.1) is 17.0 Å². The Kier molecular flexibility index (Phi) is 7.11. The number of nitrogens with zero attached hydrogens (tertiary/aromatic N) is 3. The van der Waals surface area contributed by atoms with Gasteiger partial charge in [0.15, 0.2) is 15.7 Å². The molecule has 0 unspecified atom stereocenters. The molecular formula is C21H25N5OS2. The van der Waals surface area contributed by atoms with Crippen LogP contribution in [0.4, 0.5) is 5.13 Å². The maximum atomic E-state index is 12.5. The molecule has 2 aromatic heterocycles. The number of hydrogen-bond acceptors (Lipinski definition) is 5. The second-order valence-corrected chi connectivity index (χ2v) is 8.22. The molecule has 0 saturated carbocycles. The average molecular weight is 428 g/mol. The number of aryl methyl sites for hydroxylation is 2. The van der Waals surface area contributed by atoms with Crippen LogP contribution in [0.15, 0.2) is 36.9 Å². The number of carbonyl (C=O) groups excluding carboxylic acids is 1. The van der Waals surface area contributed by atoms with Crippen LogP contribution in [0.3, 0.4) is 0 Å². The van der Waals surface area contributed by atoms with Crippen molar-refractivity contribution in [3.8, 4) is 10.7 Å². The van der Waals surface area contributed by atoms with Gasteiger partial charge in [-0.15, -0.1) is 6.58 Å². The summed E-state index contributed by atoms with van der Waals surface area (Å²) in [6.45, 7) is 8.40. The molecule has 0 aliphatic carbocycles. The van der Waals surface area contributed by atoms with Gasteiger partial charge in [-0.25, -0.2) is 4.98 Å². The van der Waals surface area contributed by atoms with Crippen LogP contribution in [-0.4, -0.2) is 25.7 Å². The Bertz CT molecular complexity index is 1050. The Morgan fingerprint density at radius 1 is 1.34 bits per heavy atom. The number of aromatic nitrogens is 4. The first-order chi connectivity index (χ1) is 14.0. The van der Waals surface area contributed by atoms with Crippen LogP contribution < -0.4 is 5.32 Å². The summed E-state index contributed by atoms with van der Waals surface area (Å²) in [5.74, 6) is 0.615. The number of carbonyl (C=O) groups is 1. The Hall–Kier alpha value is -2.58. The highest BCUT2D eigenvalue weighted by atomic mass is 32.1. The zero-order chi connectivity index (χ0) is 20.8. The molecule has 1 amide bonds. The van der Waals surface area contributed by atoms with Crippen molar-refractivity contribution in [2.75, 3.05) is 5.32 Å². The van der Waals surface area contributed by atoms with Gasteiger partial charge in [0, 0.05) is 6.54 Å². The first-order valence-corrected chi connectivity index (χ1v) is 10.9. The molecule has 6 nitrogen and oxygen atoms in total. The van der Waals surface area contributed by atoms with Gasteiger partial charge in [-0.05, 0) is 43.1 Å². The molecule has 3 rings (SSSR count). The van der Waals surface area contributed by atoms with E-state index in [4.69, 9.17) is 12.2 Å². The van der Waals surface area contributed by atoms with E-state index in [1.165, 1.54) is 29.7 Å². The van der Waals surface area contributed by atoms with E-state index in [2.05, 4.69) is 46.1 Å². The molecule has 2 N–H and O–H groups in total. The van der Waals surface area contributed by atoms with Crippen molar-refractivity contribution in [2.45, 2.75) is 46.1 Å². The van der Waals surface area contributed by atoms with Crippen molar-refractivity contribution in [1.82, 2.24) is 19.7 Å². The van der Waals surface area contributed by atoms with Gasteiger partial charge in [-0.2, -0.15) is 5.10 Å². The largest absolute Gasteiger partial charge is 0.302 e. The topological polar surface area (TPSA) is 75.6 Å². The summed E-state index contributed by atoms with van der Waals surface area (Å²) in [7, 11) is 0. The molecule has 0 fully saturated rings. The van der Waals surface area contributed by atoms with Crippen LogP contribution in [0.1, 0.15) is 36.6 Å². The minimum absolute atomic E-state index is 0.0865. The molecule has 0 aliphatic rings. The van der Waals surface area contributed by atoms with Crippen LogP contribution in [0.25, 0.3) is 10.7 Å². The molecule has 1 aromatic carbocycles. The van der Waals surface area contributed by atoms with Gasteiger partial charge in [-0.1, -0.05) is 55.0 Å². The summed E-state index contributed by atoms with van der Waals surface area (Å²) >= 11 is 6.66. The molecule has 0 aliphatic heterocycles. The van der Waals surface area contributed by atoms with Crippen molar-refractivity contribution in [1.29, 1.82) is 0 Å². The highest BCUT2D eigenvalue weighted by Crippen LogP contribution is 2.31. The lowest BCUT2D eigenvalue weighted by atomic mass is 10.0. The van der Waals surface area contributed by atoms with Gasteiger partial charge in [-0.3, -0.25) is 14.5 Å². The number of rotatable bonds is 9. The first kappa shape index (κ1) is 21.1. The monoisotopic (exact) mass is 427 g/mol. The summed E-state index contributed by atoms with van der Waals surface area (Å²) in [5.41, 5.74) is 3.09. The van der Waals surface area contributed by atoms with E-state index < -0.39 is 0 Å². The van der Waals surface area contributed by atoms with Crippen molar-refractivity contribution in [3.05, 3.63) is 58.5 Å². The summed E-state index contributed by atoms with van der Waals surface area (Å²) in [6, 6.07) is 8.25. The first-order valence-electron chi connectivity index (χ1n) is 9.63.